The second-order valence-corrected chi connectivity index (χ2v) is 5.88. The number of rotatable bonds is 7. The maximum absolute atomic E-state index is 5.27. The van der Waals surface area contributed by atoms with Crippen molar-refractivity contribution in [1.82, 2.24) is 5.32 Å². The monoisotopic (exact) mass is 253 g/mol. The summed E-state index contributed by atoms with van der Waals surface area (Å²) >= 11 is 1.98. The van der Waals surface area contributed by atoms with Gasteiger partial charge in [0.2, 0.25) is 0 Å². The van der Waals surface area contributed by atoms with Gasteiger partial charge in [0.25, 0.3) is 0 Å². The lowest BCUT2D eigenvalue weighted by Crippen LogP contribution is -2.23. The smallest absolute Gasteiger partial charge is 0.119 e. The molecule has 0 aliphatic carbocycles. The van der Waals surface area contributed by atoms with Crippen LogP contribution in [0.25, 0.3) is 0 Å². The minimum atomic E-state index is 0.405. The first-order valence-corrected chi connectivity index (χ1v) is 7.21. The quantitative estimate of drug-likeness (QED) is 0.804. The number of benzene rings is 1. The van der Waals surface area contributed by atoms with Gasteiger partial charge in [0.15, 0.2) is 0 Å². The Morgan fingerprint density at radius 1 is 1.35 bits per heavy atom. The van der Waals surface area contributed by atoms with Crippen LogP contribution in [0.5, 0.6) is 5.75 Å². The molecule has 1 N–H and O–H groups in total. The number of methoxy groups -OCH3 is 1. The van der Waals surface area contributed by atoms with Crippen molar-refractivity contribution in [3.05, 3.63) is 29.8 Å². The third-order valence-electron chi connectivity index (χ3n) is 2.54. The largest absolute Gasteiger partial charge is 0.497 e. The van der Waals surface area contributed by atoms with Gasteiger partial charge in [0.05, 0.1) is 7.11 Å². The molecular weight excluding hydrogens is 230 g/mol. The van der Waals surface area contributed by atoms with E-state index in [4.69, 9.17) is 4.74 Å². The van der Waals surface area contributed by atoms with Crippen molar-refractivity contribution in [1.29, 1.82) is 0 Å². The van der Waals surface area contributed by atoms with Gasteiger partial charge in [0, 0.05) is 11.8 Å². The van der Waals surface area contributed by atoms with Crippen molar-refractivity contribution in [2.24, 2.45) is 0 Å². The molecule has 0 saturated heterocycles. The molecule has 1 aromatic rings. The third kappa shape index (κ3) is 5.00. The van der Waals surface area contributed by atoms with E-state index in [1.54, 1.807) is 7.11 Å². The Labute approximate surface area is 109 Å². The number of ether oxygens (including phenoxy) is 1. The molecule has 0 heterocycles. The lowest BCUT2D eigenvalue weighted by atomic mass is 10.1. The minimum Gasteiger partial charge on any atom is -0.497 e. The molecule has 0 bridgehead atoms. The van der Waals surface area contributed by atoms with E-state index in [2.05, 4.69) is 44.3 Å². The van der Waals surface area contributed by atoms with Gasteiger partial charge in [-0.2, -0.15) is 11.8 Å². The van der Waals surface area contributed by atoms with Crippen LogP contribution in [0, 0.1) is 0 Å². The van der Waals surface area contributed by atoms with E-state index in [1.165, 1.54) is 5.56 Å². The standard InChI is InChI=1S/C14H23NOS/c1-5-15-14(10-17-11(2)3)12-7-6-8-13(9-12)16-4/h6-9,11,14-15H,5,10H2,1-4H3. The second-order valence-electron chi connectivity index (χ2n) is 4.27. The molecule has 1 atom stereocenters. The molecule has 17 heavy (non-hydrogen) atoms. The Hall–Kier alpha value is -0.670. The van der Waals surface area contributed by atoms with Gasteiger partial charge in [-0.3, -0.25) is 0 Å². The number of thioether (sulfide) groups is 1. The van der Waals surface area contributed by atoms with Crippen LogP contribution in [0.15, 0.2) is 24.3 Å². The molecule has 0 saturated carbocycles. The average molecular weight is 253 g/mol. The van der Waals surface area contributed by atoms with Crippen LogP contribution < -0.4 is 10.1 Å². The fourth-order valence-electron chi connectivity index (χ4n) is 1.67. The SMILES string of the molecule is CCNC(CSC(C)C)c1cccc(OC)c1. The van der Waals surface area contributed by atoms with Crippen molar-refractivity contribution in [2.75, 3.05) is 19.4 Å². The summed E-state index contributed by atoms with van der Waals surface area (Å²) in [5, 5.41) is 4.20. The van der Waals surface area contributed by atoms with Crippen LogP contribution in [0.3, 0.4) is 0 Å². The van der Waals surface area contributed by atoms with Gasteiger partial charge in [-0.1, -0.05) is 32.9 Å². The van der Waals surface area contributed by atoms with E-state index in [1.807, 2.05) is 17.8 Å². The molecule has 0 aromatic heterocycles. The lowest BCUT2D eigenvalue weighted by molar-refractivity contribution is 0.413. The molecule has 1 aromatic carbocycles. The van der Waals surface area contributed by atoms with Crippen LogP contribution in [-0.2, 0) is 0 Å². The summed E-state index contributed by atoms with van der Waals surface area (Å²) in [5.74, 6) is 2.03. The first kappa shape index (κ1) is 14.4. The molecule has 1 unspecified atom stereocenters. The molecule has 0 aliphatic heterocycles. The highest BCUT2D eigenvalue weighted by Gasteiger charge is 2.11. The maximum atomic E-state index is 5.27. The van der Waals surface area contributed by atoms with Gasteiger partial charge in [-0.15, -0.1) is 0 Å². The summed E-state index contributed by atoms with van der Waals surface area (Å²) in [6.07, 6.45) is 0. The molecule has 96 valence electrons. The third-order valence-corrected chi connectivity index (χ3v) is 3.74. The summed E-state index contributed by atoms with van der Waals surface area (Å²) in [6.45, 7) is 7.60. The average Bonchev–Trinajstić information content (AvgIpc) is 2.34. The van der Waals surface area contributed by atoms with Crippen LogP contribution in [-0.4, -0.2) is 24.7 Å². The van der Waals surface area contributed by atoms with Gasteiger partial charge >= 0.3 is 0 Å². The number of hydrogen-bond acceptors (Lipinski definition) is 3. The predicted octanol–water partition coefficient (Wildman–Crippen LogP) is 3.49. The van der Waals surface area contributed by atoms with Crippen molar-refractivity contribution in [3.8, 4) is 5.75 Å². The molecule has 0 spiro atoms. The van der Waals surface area contributed by atoms with E-state index >= 15 is 0 Å². The molecule has 1 rings (SSSR count). The highest BCUT2D eigenvalue weighted by Crippen LogP contribution is 2.24. The first-order valence-electron chi connectivity index (χ1n) is 6.16. The zero-order chi connectivity index (χ0) is 12.7. The molecule has 0 fully saturated rings. The van der Waals surface area contributed by atoms with Crippen molar-refractivity contribution >= 4 is 11.8 Å². The topological polar surface area (TPSA) is 21.3 Å². The molecular formula is C14H23NOS. The summed E-state index contributed by atoms with van der Waals surface area (Å²) in [7, 11) is 1.71. The van der Waals surface area contributed by atoms with Crippen molar-refractivity contribution in [2.45, 2.75) is 32.1 Å². The normalized spacial score (nSPS) is 12.8. The second kappa shape index (κ2) is 7.62. The Morgan fingerprint density at radius 2 is 2.12 bits per heavy atom. The van der Waals surface area contributed by atoms with Crippen molar-refractivity contribution in [3.63, 3.8) is 0 Å². The van der Waals surface area contributed by atoms with Gasteiger partial charge in [0.1, 0.15) is 5.75 Å². The molecule has 2 nitrogen and oxygen atoms in total. The summed E-state index contributed by atoms with van der Waals surface area (Å²) in [6, 6.07) is 8.73. The van der Waals surface area contributed by atoms with Crippen LogP contribution in [0.4, 0.5) is 0 Å². The zero-order valence-corrected chi connectivity index (χ0v) is 12.0. The maximum Gasteiger partial charge on any atom is 0.119 e. The Balaban J connectivity index is 2.73. The van der Waals surface area contributed by atoms with E-state index in [9.17, 15) is 0 Å². The van der Waals surface area contributed by atoms with Crippen molar-refractivity contribution < 1.29 is 4.74 Å². The van der Waals surface area contributed by atoms with E-state index < -0.39 is 0 Å². The fourth-order valence-corrected chi connectivity index (χ4v) is 2.55. The van der Waals surface area contributed by atoms with Crippen LogP contribution in [0.1, 0.15) is 32.4 Å². The molecule has 0 aliphatic rings. The Morgan fingerprint density at radius 3 is 2.71 bits per heavy atom. The van der Waals surface area contributed by atoms with Crippen LogP contribution >= 0.6 is 11.8 Å². The Bertz CT molecular complexity index is 328. The van der Waals surface area contributed by atoms with E-state index in [0.29, 0.717) is 11.3 Å². The van der Waals surface area contributed by atoms with Gasteiger partial charge in [-0.25, -0.2) is 0 Å². The summed E-state index contributed by atoms with van der Waals surface area (Å²) < 4.78 is 5.27. The fraction of sp³-hybridized carbons (Fsp3) is 0.571. The molecule has 3 heteroatoms. The highest BCUT2D eigenvalue weighted by atomic mass is 32.2. The zero-order valence-electron chi connectivity index (χ0n) is 11.2. The lowest BCUT2D eigenvalue weighted by Gasteiger charge is -2.19. The first-order chi connectivity index (χ1) is 8.17. The van der Waals surface area contributed by atoms with E-state index in [-0.39, 0.29) is 0 Å². The van der Waals surface area contributed by atoms with Crippen LogP contribution in [0.2, 0.25) is 0 Å². The molecule has 0 radical (unpaired) electrons. The number of nitrogens with one attached hydrogen (secondary N) is 1. The molecule has 0 amide bonds. The summed E-state index contributed by atoms with van der Waals surface area (Å²) in [4.78, 5) is 0. The summed E-state index contributed by atoms with van der Waals surface area (Å²) in [5.41, 5.74) is 1.30. The number of hydrogen-bond donors (Lipinski definition) is 1. The van der Waals surface area contributed by atoms with E-state index in [0.717, 1.165) is 18.0 Å². The van der Waals surface area contributed by atoms with Gasteiger partial charge < -0.3 is 10.1 Å². The Kier molecular flexibility index (Phi) is 6.45. The predicted molar refractivity (Wildman–Crippen MR) is 77.0 cm³/mol. The minimum absolute atomic E-state index is 0.405. The van der Waals surface area contributed by atoms with Gasteiger partial charge in [-0.05, 0) is 29.5 Å². The highest BCUT2D eigenvalue weighted by molar-refractivity contribution is 7.99.